The lowest BCUT2D eigenvalue weighted by molar-refractivity contribution is 0.183. The summed E-state index contributed by atoms with van der Waals surface area (Å²) in [7, 11) is 0. The van der Waals surface area contributed by atoms with Crippen LogP contribution in [0.1, 0.15) is 32.8 Å². The molecule has 2 rings (SSSR count). The molecule has 1 heterocycles. The van der Waals surface area contributed by atoms with Crippen molar-refractivity contribution < 1.29 is 5.11 Å². The molecular weight excluding hydrogens is 324 g/mol. The molecule has 0 aliphatic carbocycles. The van der Waals surface area contributed by atoms with Gasteiger partial charge in [0, 0.05) is 32.6 Å². The van der Waals surface area contributed by atoms with Gasteiger partial charge in [-0.1, -0.05) is 44.2 Å². The predicted octanol–water partition coefficient (Wildman–Crippen LogP) is 2.22. The van der Waals surface area contributed by atoms with Gasteiger partial charge in [-0.15, -0.1) is 0 Å². The van der Waals surface area contributed by atoms with Crippen molar-refractivity contribution in [1.29, 1.82) is 0 Å². The Balaban J connectivity index is 1.88. The molecule has 2 unspecified atom stereocenters. The third kappa shape index (κ3) is 6.61. The minimum absolute atomic E-state index is 0.439. The van der Waals surface area contributed by atoms with Crippen molar-refractivity contribution in [2.75, 3.05) is 45.8 Å². The molecule has 26 heavy (non-hydrogen) atoms. The maximum absolute atomic E-state index is 10.3. The Hall–Kier alpha value is -1.59. The van der Waals surface area contributed by atoms with Crippen LogP contribution in [0.2, 0.25) is 0 Å². The number of nitrogens with one attached hydrogen (secondary N) is 1. The quantitative estimate of drug-likeness (QED) is 0.524. The summed E-state index contributed by atoms with van der Waals surface area (Å²) in [5.74, 6) is 1.65. The number of rotatable bonds is 9. The molecule has 1 aliphatic rings. The van der Waals surface area contributed by atoms with Gasteiger partial charge in [0.2, 0.25) is 0 Å². The highest BCUT2D eigenvalue weighted by Gasteiger charge is 2.26. The van der Waals surface area contributed by atoms with Crippen molar-refractivity contribution in [3.63, 3.8) is 0 Å². The van der Waals surface area contributed by atoms with Gasteiger partial charge in [-0.05, 0) is 37.9 Å². The molecule has 146 valence electrons. The van der Waals surface area contributed by atoms with Gasteiger partial charge in [0.1, 0.15) is 0 Å². The average molecular weight is 361 g/mol. The van der Waals surface area contributed by atoms with Crippen LogP contribution in [0, 0.1) is 5.92 Å². The van der Waals surface area contributed by atoms with Crippen LogP contribution in [0.4, 0.5) is 0 Å². The number of hydrogen-bond donors (Lipinski definition) is 2. The smallest absolute Gasteiger partial charge is 0.194 e. The van der Waals surface area contributed by atoms with Gasteiger partial charge in [-0.25, -0.2) is 0 Å². The Morgan fingerprint density at radius 3 is 2.65 bits per heavy atom. The van der Waals surface area contributed by atoms with E-state index in [1.54, 1.807) is 0 Å². The number of guanidine groups is 1. The van der Waals surface area contributed by atoms with E-state index in [2.05, 4.69) is 48.0 Å². The monoisotopic (exact) mass is 360 g/mol. The van der Waals surface area contributed by atoms with E-state index in [1.165, 1.54) is 13.0 Å². The maximum Gasteiger partial charge on any atom is 0.194 e. The van der Waals surface area contributed by atoms with Crippen LogP contribution >= 0.6 is 0 Å². The molecule has 0 amide bonds. The molecule has 1 fully saturated rings. The molecule has 1 saturated heterocycles. The first kappa shape index (κ1) is 20.7. The largest absolute Gasteiger partial charge is 0.391 e. The average Bonchev–Trinajstić information content (AvgIpc) is 3.12. The van der Waals surface area contributed by atoms with Crippen LogP contribution in [-0.2, 0) is 6.42 Å². The Morgan fingerprint density at radius 1 is 1.27 bits per heavy atom. The second-order valence-electron chi connectivity index (χ2n) is 7.12. The van der Waals surface area contributed by atoms with Gasteiger partial charge in [0.25, 0.3) is 0 Å². The zero-order valence-electron chi connectivity index (χ0n) is 16.7. The first-order valence-corrected chi connectivity index (χ1v) is 10.1. The van der Waals surface area contributed by atoms with E-state index in [0.717, 1.165) is 44.2 Å². The number of aliphatic imine (C=N–C) groups is 1. The third-order valence-corrected chi connectivity index (χ3v) is 5.10. The normalized spacial score (nSPS) is 19.2. The molecule has 0 radical (unpaired) electrons. The first-order chi connectivity index (χ1) is 12.7. The number of aliphatic hydroxyl groups excluding tert-OH is 1. The Kier molecular flexibility index (Phi) is 8.92. The SMILES string of the molecule is CCNC(=NCC(O)Cc1ccccc1)N1CCC(CN(CC)CC)C1. The maximum atomic E-state index is 10.3. The van der Waals surface area contributed by atoms with Crippen LogP contribution in [0.5, 0.6) is 0 Å². The van der Waals surface area contributed by atoms with E-state index in [1.807, 2.05) is 18.2 Å². The van der Waals surface area contributed by atoms with Gasteiger partial charge < -0.3 is 20.2 Å². The van der Waals surface area contributed by atoms with E-state index in [0.29, 0.717) is 18.9 Å². The fourth-order valence-corrected chi connectivity index (χ4v) is 3.59. The molecular formula is C21H36N4O. The van der Waals surface area contributed by atoms with Crippen LogP contribution in [0.3, 0.4) is 0 Å². The second kappa shape index (κ2) is 11.2. The fourth-order valence-electron chi connectivity index (χ4n) is 3.59. The van der Waals surface area contributed by atoms with Gasteiger partial charge in [-0.3, -0.25) is 4.99 Å². The summed E-state index contributed by atoms with van der Waals surface area (Å²) in [6.07, 6.45) is 1.42. The highest BCUT2D eigenvalue weighted by molar-refractivity contribution is 5.80. The first-order valence-electron chi connectivity index (χ1n) is 10.1. The minimum atomic E-state index is -0.444. The van der Waals surface area contributed by atoms with Crippen molar-refractivity contribution >= 4 is 5.96 Å². The Bertz CT molecular complexity index is 530. The number of benzene rings is 1. The topological polar surface area (TPSA) is 51.1 Å². The van der Waals surface area contributed by atoms with E-state index in [4.69, 9.17) is 4.99 Å². The Labute approximate surface area is 159 Å². The van der Waals surface area contributed by atoms with E-state index in [-0.39, 0.29) is 0 Å². The lowest BCUT2D eigenvalue weighted by Crippen LogP contribution is -2.41. The van der Waals surface area contributed by atoms with Crippen LogP contribution in [0.25, 0.3) is 0 Å². The summed E-state index contributed by atoms with van der Waals surface area (Å²) < 4.78 is 0. The molecule has 0 aromatic heterocycles. The van der Waals surface area contributed by atoms with Crippen LogP contribution < -0.4 is 5.32 Å². The number of nitrogens with zero attached hydrogens (tertiary/aromatic N) is 3. The standard InChI is InChI=1S/C21H36N4O/c1-4-22-21(23-15-20(26)14-18-10-8-7-9-11-18)25-13-12-19(17-25)16-24(5-2)6-3/h7-11,19-20,26H,4-6,12-17H2,1-3H3,(H,22,23). The van der Waals surface area contributed by atoms with Crippen molar-refractivity contribution in [1.82, 2.24) is 15.1 Å². The second-order valence-corrected chi connectivity index (χ2v) is 7.12. The molecule has 2 N–H and O–H groups in total. The molecule has 5 nitrogen and oxygen atoms in total. The molecule has 0 spiro atoms. The van der Waals surface area contributed by atoms with Gasteiger partial charge in [-0.2, -0.15) is 0 Å². The van der Waals surface area contributed by atoms with Gasteiger partial charge in [0.05, 0.1) is 12.6 Å². The van der Waals surface area contributed by atoms with Gasteiger partial charge >= 0.3 is 0 Å². The van der Waals surface area contributed by atoms with Crippen molar-refractivity contribution in [2.24, 2.45) is 10.9 Å². The van der Waals surface area contributed by atoms with E-state index < -0.39 is 6.10 Å². The lowest BCUT2D eigenvalue weighted by atomic mass is 10.1. The fraction of sp³-hybridized carbons (Fsp3) is 0.667. The zero-order valence-corrected chi connectivity index (χ0v) is 16.7. The predicted molar refractivity (Wildman–Crippen MR) is 110 cm³/mol. The molecule has 0 bridgehead atoms. The lowest BCUT2D eigenvalue weighted by Gasteiger charge is -2.24. The molecule has 0 saturated carbocycles. The summed E-state index contributed by atoms with van der Waals surface area (Å²) in [6.45, 7) is 13.4. The summed E-state index contributed by atoms with van der Waals surface area (Å²) in [6, 6.07) is 10.1. The summed E-state index contributed by atoms with van der Waals surface area (Å²) in [5.41, 5.74) is 1.15. The van der Waals surface area contributed by atoms with E-state index >= 15 is 0 Å². The van der Waals surface area contributed by atoms with E-state index in [9.17, 15) is 5.11 Å². The van der Waals surface area contributed by atoms with Crippen LogP contribution in [-0.4, -0.2) is 72.8 Å². The van der Waals surface area contributed by atoms with Crippen LogP contribution in [0.15, 0.2) is 35.3 Å². The Morgan fingerprint density at radius 2 is 2.00 bits per heavy atom. The molecule has 1 aromatic carbocycles. The van der Waals surface area contributed by atoms with Crippen molar-refractivity contribution in [2.45, 2.75) is 39.7 Å². The zero-order chi connectivity index (χ0) is 18.8. The number of aliphatic hydroxyl groups is 1. The third-order valence-electron chi connectivity index (χ3n) is 5.10. The molecule has 5 heteroatoms. The summed E-state index contributed by atoms with van der Waals surface area (Å²) in [4.78, 5) is 9.57. The molecule has 2 atom stereocenters. The highest BCUT2D eigenvalue weighted by atomic mass is 16.3. The highest BCUT2D eigenvalue weighted by Crippen LogP contribution is 2.17. The van der Waals surface area contributed by atoms with Crippen molar-refractivity contribution in [3.8, 4) is 0 Å². The summed E-state index contributed by atoms with van der Waals surface area (Å²) >= 11 is 0. The molecule has 1 aliphatic heterocycles. The minimum Gasteiger partial charge on any atom is -0.391 e. The number of hydrogen-bond acceptors (Lipinski definition) is 3. The number of likely N-dealkylation sites (tertiary alicyclic amines) is 1. The molecule has 1 aromatic rings. The van der Waals surface area contributed by atoms with Crippen molar-refractivity contribution in [3.05, 3.63) is 35.9 Å². The van der Waals surface area contributed by atoms with Gasteiger partial charge in [0.15, 0.2) is 5.96 Å². The summed E-state index contributed by atoms with van der Waals surface area (Å²) in [5, 5.41) is 13.7.